The topological polar surface area (TPSA) is 71.5 Å². The Morgan fingerprint density at radius 3 is 2.16 bits per heavy atom. The van der Waals surface area contributed by atoms with Crippen molar-refractivity contribution in [1.29, 1.82) is 0 Å². The Morgan fingerprint density at radius 2 is 1.47 bits per heavy atom. The van der Waals surface area contributed by atoms with E-state index in [0.717, 1.165) is 58.1 Å². The van der Waals surface area contributed by atoms with Gasteiger partial charge in [0.15, 0.2) is 0 Å². The minimum absolute atomic E-state index is 0.0848. The molecule has 1 aliphatic rings. The lowest BCUT2D eigenvalue weighted by Gasteiger charge is -2.32. The van der Waals surface area contributed by atoms with E-state index in [-0.39, 0.29) is 30.6 Å². The zero-order valence-corrected chi connectivity index (χ0v) is 25.7. The summed E-state index contributed by atoms with van der Waals surface area (Å²) in [7, 11) is 0. The van der Waals surface area contributed by atoms with Gasteiger partial charge in [-0.25, -0.2) is 9.78 Å². The first kappa shape index (κ1) is 30.1. The van der Waals surface area contributed by atoms with Crippen LogP contribution < -0.4 is 5.32 Å². The minimum atomic E-state index is -0.277. The van der Waals surface area contributed by atoms with E-state index in [9.17, 15) is 9.59 Å². The first-order valence-electron chi connectivity index (χ1n) is 15.9. The van der Waals surface area contributed by atoms with Gasteiger partial charge in [-0.15, -0.1) is 0 Å². The summed E-state index contributed by atoms with van der Waals surface area (Å²) in [4.78, 5) is 34.2. The van der Waals surface area contributed by atoms with Crippen molar-refractivity contribution < 1.29 is 14.3 Å². The zero-order valence-electron chi connectivity index (χ0n) is 25.7. The first-order valence-corrected chi connectivity index (χ1v) is 15.9. The summed E-state index contributed by atoms with van der Waals surface area (Å²) in [6, 6.07) is 37.8. The molecule has 5 aromatic rings. The molecule has 4 aromatic carbocycles. The molecular formula is C39H39N3O3. The lowest BCUT2D eigenvalue weighted by Crippen LogP contribution is -2.39. The molecule has 6 rings (SSSR count). The number of likely N-dealkylation sites (tertiary alicyclic amines) is 1. The van der Waals surface area contributed by atoms with Crippen molar-refractivity contribution in [3.63, 3.8) is 0 Å². The highest BCUT2D eigenvalue weighted by Gasteiger charge is 2.29. The molecular weight excluding hydrogens is 558 g/mol. The number of nitrogens with zero attached hydrogens (tertiary/aromatic N) is 2. The number of nitrogens with one attached hydrogen (secondary N) is 1. The molecule has 6 nitrogen and oxygen atoms in total. The van der Waals surface area contributed by atoms with Gasteiger partial charge in [0.2, 0.25) is 0 Å². The Hall–Kier alpha value is -4.97. The monoisotopic (exact) mass is 597 g/mol. The lowest BCUT2D eigenvalue weighted by atomic mass is 9.85. The average Bonchev–Trinajstić information content (AvgIpc) is 3.10. The standard InChI is InChI=1S/C39H39N3O3/c1-2-34(30-16-8-4-9-17-30)41-38(43)36-32-20-12-13-21-35(32)40-37(31-18-10-5-11-19-31)33(36)26-28-22-24-42(25-23-28)39(44)45-27-29-14-6-3-7-15-29/h3-21,28,34H,2,22-27H2,1H3,(H,41,43)/t34-/m0/s1. The van der Waals surface area contributed by atoms with Gasteiger partial charge in [-0.05, 0) is 54.4 Å². The number of aromatic nitrogens is 1. The van der Waals surface area contributed by atoms with E-state index in [2.05, 4.69) is 36.5 Å². The Bertz CT molecular complexity index is 1730. The van der Waals surface area contributed by atoms with E-state index in [1.807, 2.05) is 91.0 Å². The number of rotatable bonds is 9. The second kappa shape index (κ2) is 14.2. The summed E-state index contributed by atoms with van der Waals surface area (Å²) < 4.78 is 5.60. The van der Waals surface area contributed by atoms with Gasteiger partial charge in [0.25, 0.3) is 5.91 Å². The molecule has 2 heterocycles. The maximum atomic E-state index is 14.4. The smallest absolute Gasteiger partial charge is 0.410 e. The molecule has 0 radical (unpaired) electrons. The second-order valence-electron chi connectivity index (χ2n) is 11.7. The van der Waals surface area contributed by atoms with Crippen LogP contribution in [0.5, 0.6) is 0 Å². The van der Waals surface area contributed by atoms with Crippen LogP contribution in [-0.4, -0.2) is 35.0 Å². The van der Waals surface area contributed by atoms with Gasteiger partial charge in [0, 0.05) is 24.0 Å². The predicted octanol–water partition coefficient (Wildman–Crippen LogP) is 8.37. The fourth-order valence-corrected chi connectivity index (χ4v) is 6.30. The zero-order chi connectivity index (χ0) is 31.0. The van der Waals surface area contributed by atoms with Crippen LogP contribution in [0.2, 0.25) is 0 Å². The largest absolute Gasteiger partial charge is 0.445 e. The molecule has 228 valence electrons. The third kappa shape index (κ3) is 7.07. The van der Waals surface area contributed by atoms with Crippen LogP contribution >= 0.6 is 0 Å². The van der Waals surface area contributed by atoms with E-state index in [1.54, 1.807) is 4.90 Å². The van der Waals surface area contributed by atoms with Crippen LogP contribution in [0.1, 0.15) is 59.3 Å². The van der Waals surface area contributed by atoms with Gasteiger partial charge in [-0.1, -0.05) is 116 Å². The number of fused-ring (bicyclic) bond motifs is 1. The van der Waals surface area contributed by atoms with Crippen LogP contribution in [0.25, 0.3) is 22.2 Å². The number of para-hydroxylation sites is 1. The van der Waals surface area contributed by atoms with Crippen LogP contribution in [0, 0.1) is 5.92 Å². The molecule has 1 fully saturated rings. The Labute approximate surface area is 265 Å². The molecule has 0 spiro atoms. The van der Waals surface area contributed by atoms with Crippen molar-refractivity contribution >= 4 is 22.9 Å². The summed E-state index contributed by atoms with van der Waals surface area (Å²) in [6.45, 7) is 3.60. The van der Waals surface area contributed by atoms with E-state index in [1.165, 1.54) is 0 Å². The molecule has 1 atom stereocenters. The van der Waals surface area contributed by atoms with E-state index in [4.69, 9.17) is 9.72 Å². The molecule has 0 saturated carbocycles. The van der Waals surface area contributed by atoms with Crippen molar-refractivity contribution in [2.45, 2.75) is 45.3 Å². The van der Waals surface area contributed by atoms with Gasteiger partial charge in [-0.3, -0.25) is 4.79 Å². The summed E-state index contributed by atoms with van der Waals surface area (Å²) in [5.41, 5.74) is 6.35. The number of pyridine rings is 1. The summed E-state index contributed by atoms with van der Waals surface area (Å²) in [5.74, 6) is 0.203. The number of amides is 2. The maximum absolute atomic E-state index is 14.4. The van der Waals surface area contributed by atoms with Crippen molar-refractivity contribution in [3.8, 4) is 11.3 Å². The van der Waals surface area contributed by atoms with Crippen LogP contribution in [0.3, 0.4) is 0 Å². The SMILES string of the molecule is CC[C@H](NC(=O)c1c(CC2CCN(C(=O)OCc3ccccc3)CC2)c(-c2ccccc2)nc2ccccc12)c1ccccc1. The maximum Gasteiger partial charge on any atom is 0.410 e. The quantitative estimate of drug-likeness (QED) is 0.185. The van der Waals surface area contributed by atoms with E-state index >= 15 is 0 Å². The van der Waals surface area contributed by atoms with Crippen molar-refractivity contribution in [2.75, 3.05) is 13.1 Å². The second-order valence-corrected chi connectivity index (χ2v) is 11.7. The third-order valence-corrected chi connectivity index (χ3v) is 8.75. The normalized spacial score (nSPS) is 14.2. The molecule has 1 N–H and O–H groups in total. The average molecular weight is 598 g/mol. The molecule has 0 unspecified atom stereocenters. The molecule has 0 bridgehead atoms. The van der Waals surface area contributed by atoms with Gasteiger partial charge in [0.1, 0.15) is 6.61 Å². The molecule has 1 aliphatic heterocycles. The Balaban J connectivity index is 1.29. The Morgan fingerprint density at radius 1 is 0.844 bits per heavy atom. The number of benzene rings is 4. The highest BCUT2D eigenvalue weighted by Crippen LogP contribution is 2.35. The van der Waals surface area contributed by atoms with Crippen molar-refractivity contribution in [3.05, 3.63) is 138 Å². The highest BCUT2D eigenvalue weighted by atomic mass is 16.6. The summed E-state index contributed by atoms with van der Waals surface area (Å²) in [5, 5.41) is 4.22. The number of ether oxygens (including phenoxy) is 1. The van der Waals surface area contributed by atoms with E-state index < -0.39 is 0 Å². The predicted molar refractivity (Wildman–Crippen MR) is 179 cm³/mol. The van der Waals surface area contributed by atoms with Gasteiger partial charge in [0.05, 0.1) is 22.8 Å². The molecule has 6 heteroatoms. The molecule has 1 aromatic heterocycles. The number of hydrogen-bond donors (Lipinski definition) is 1. The number of carbonyl (C=O) groups excluding carboxylic acids is 2. The summed E-state index contributed by atoms with van der Waals surface area (Å²) >= 11 is 0. The lowest BCUT2D eigenvalue weighted by molar-refractivity contribution is 0.0823. The molecule has 45 heavy (non-hydrogen) atoms. The summed E-state index contributed by atoms with van der Waals surface area (Å²) in [6.07, 6.45) is 2.84. The molecule has 1 saturated heterocycles. The Kier molecular flexibility index (Phi) is 9.50. The molecule has 2 amide bonds. The van der Waals surface area contributed by atoms with Crippen LogP contribution in [-0.2, 0) is 17.8 Å². The fourth-order valence-electron chi connectivity index (χ4n) is 6.30. The third-order valence-electron chi connectivity index (χ3n) is 8.75. The minimum Gasteiger partial charge on any atom is -0.445 e. The highest BCUT2D eigenvalue weighted by molar-refractivity contribution is 6.09. The number of piperidine rings is 1. The molecule has 0 aliphatic carbocycles. The number of carbonyl (C=O) groups is 2. The van der Waals surface area contributed by atoms with Gasteiger partial charge >= 0.3 is 6.09 Å². The number of hydrogen-bond acceptors (Lipinski definition) is 4. The van der Waals surface area contributed by atoms with Gasteiger partial charge in [-0.2, -0.15) is 0 Å². The van der Waals surface area contributed by atoms with Crippen LogP contribution in [0.15, 0.2) is 115 Å². The first-order chi connectivity index (χ1) is 22.1. The van der Waals surface area contributed by atoms with E-state index in [0.29, 0.717) is 25.1 Å². The van der Waals surface area contributed by atoms with Gasteiger partial charge < -0.3 is 15.0 Å². The van der Waals surface area contributed by atoms with Crippen molar-refractivity contribution in [1.82, 2.24) is 15.2 Å². The fraction of sp³-hybridized carbons (Fsp3) is 0.256. The van der Waals surface area contributed by atoms with Crippen molar-refractivity contribution in [2.24, 2.45) is 5.92 Å². The van der Waals surface area contributed by atoms with Crippen LogP contribution in [0.4, 0.5) is 4.79 Å².